The monoisotopic (exact) mass is 273 g/mol. The summed E-state index contributed by atoms with van der Waals surface area (Å²) in [7, 11) is 0. The summed E-state index contributed by atoms with van der Waals surface area (Å²) < 4.78 is 35.6. The third kappa shape index (κ3) is 5.20. The minimum atomic E-state index is -4.00. The van der Waals surface area contributed by atoms with Gasteiger partial charge >= 0.3 is 6.18 Å². The number of piperidine rings is 1. The fourth-order valence-electron chi connectivity index (χ4n) is 1.71. The average molecular weight is 274 g/mol. The highest BCUT2D eigenvalue weighted by molar-refractivity contribution is 9.09. The van der Waals surface area contributed by atoms with E-state index in [-0.39, 0.29) is 6.42 Å². The zero-order valence-corrected chi connectivity index (χ0v) is 9.57. The zero-order valence-electron chi connectivity index (χ0n) is 7.99. The lowest BCUT2D eigenvalue weighted by atomic mass is 10.1. The summed E-state index contributed by atoms with van der Waals surface area (Å²) in [6.07, 6.45) is -2.21. The minimum Gasteiger partial charge on any atom is -0.302 e. The molecule has 0 amide bonds. The van der Waals surface area contributed by atoms with E-state index in [1.54, 1.807) is 0 Å². The maximum absolute atomic E-state index is 11.9. The Morgan fingerprint density at radius 3 is 2.64 bits per heavy atom. The van der Waals surface area contributed by atoms with Crippen LogP contribution in [-0.4, -0.2) is 35.5 Å². The lowest BCUT2D eigenvalue weighted by molar-refractivity contribution is -0.136. The molecule has 0 saturated carbocycles. The van der Waals surface area contributed by atoms with Gasteiger partial charge in [-0.1, -0.05) is 15.9 Å². The number of rotatable bonds is 3. The fraction of sp³-hybridized carbons (Fsp3) is 1.00. The van der Waals surface area contributed by atoms with E-state index in [0.29, 0.717) is 11.4 Å². The molecule has 1 nitrogen and oxygen atoms in total. The summed E-state index contributed by atoms with van der Waals surface area (Å²) in [6.45, 7) is 2.40. The Hall–Kier alpha value is 0.230. The van der Waals surface area contributed by atoms with Crippen molar-refractivity contribution in [2.24, 2.45) is 0 Å². The van der Waals surface area contributed by atoms with Gasteiger partial charge in [0.25, 0.3) is 0 Å². The molecule has 5 heteroatoms. The molecule has 84 valence electrons. The van der Waals surface area contributed by atoms with Crippen molar-refractivity contribution < 1.29 is 13.2 Å². The Bertz CT molecular complexity index is 172. The third-order valence-corrected chi connectivity index (χ3v) is 3.13. The van der Waals surface area contributed by atoms with Crippen LogP contribution >= 0.6 is 15.9 Å². The molecule has 0 N–H and O–H groups in total. The summed E-state index contributed by atoms with van der Waals surface area (Å²) in [5, 5.41) is 0. The molecule has 1 heterocycles. The lowest BCUT2D eigenvalue weighted by Gasteiger charge is -2.29. The summed E-state index contributed by atoms with van der Waals surface area (Å²) in [6, 6.07) is 0. The SMILES string of the molecule is FC(F)(F)CCCN1CCCC(Br)C1. The molecule has 1 saturated heterocycles. The summed E-state index contributed by atoms with van der Waals surface area (Å²) in [5.41, 5.74) is 0. The van der Waals surface area contributed by atoms with Crippen LogP contribution in [0.5, 0.6) is 0 Å². The van der Waals surface area contributed by atoms with Crippen molar-refractivity contribution >= 4 is 15.9 Å². The first kappa shape index (κ1) is 12.3. The van der Waals surface area contributed by atoms with E-state index >= 15 is 0 Å². The van der Waals surface area contributed by atoms with E-state index in [0.717, 1.165) is 25.9 Å². The number of hydrogen-bond acceptors (Lipinski definition) is 1. The molecular weight excluding hydrogens is 259 g/mol. The molecule has 0 aliphatic carbocycles. The van der Waals surface area contributed by atoms with Crippen LogP contribution in [0.25, 0.3) is 0 Å². The van der Waals surface area contributed by atoms with Crippen molar-refractivity contribution in [1.29, 1.82) is 0 Å². The number of hydrogen-bond donors (Lipinski definition) is 0. The first-order valence-corrected chi connectivity index (χ1v) is 5.82. The molecule has 0 radical (unpaired) electrons. The highest BCUT2D eigenvalue weighted by Crippen LogP contribution is 2.22. The van der Waals surface area contributed by atoms with Gasteiger partial charge in [0.05, 0.1) is 0 Å². The Balaban J connectivity index is 2.12. The predicted molar refractivity (Wildman–Crippen MR) is 53.7 cm³/mol. The fourth-order valence-corrected chi connectivity index (χ4v) is 2.44. The molecule has 1 unspecified atom stereocenters. The molecule has 0 aromatic carbocycles. The van der Waals surface area contributed by atoms with Crippen LogP contribution in [-0.2, 0) is 0 Å². The minimum absolute atomic E-state index is 0.225. The largest absolute Gasteiger partial charge is 0.389 e. The average Bonchev–Trinajstić information content (AvgIpc) is 2.01. The molecule has 0 spiro atoms. The molecule has 0 aromatic heterocycles. The van der Waals surface area contributed by atoms with Crippen molar-refractivity contribution in [2.75, 3.05) is 19.6 Å². The van der Waals surface area contributed by atoms with E-state index in [1.165, 1.54) is 0 Å². The second-order valence-corrected chi connectivity index (χ2v) is 5.05. The Morgan fingerprint density at radius 1 is 1.36 bits per heavy atom. The third-order valence-electron chi connectivity index (χ3n) is 2.38. The Labute approximate surface area is 90.8 Å². The number of nitrogens with zero attached hydrogens (tertiary/aromatic N) is 1. The number of halogens is 4. The van der Waals surface area contributed by atoms with Crippen LogP contribution < -0.4 is 0 Å². The quantitative estimate of drug-likeness (QED) is 0.714. The van der Waals surface area contributed by atoms with E-state index in [1.807, 2.05) is 0 Å². The molecule has 0 bridgehead atoms. The van der Waals surface area contributed by atoms with Gasteiger partial charge in [-0.2, -0.15) is 13.2 Å². The zero-order chi connectivity index (χ0) is 10.6. The molecule has 1 fully saturated rings. The van der Waals surface area contributed by atoms with Crippen molar-refractivity contribution in [1.82, 2.24) is 4.90 Å². The molecular formula is C9H15BrF3N. The van der Waals surface area contributed by atoms with Crippen LogP contribution in [0.15, 0.2) is 0 Å². The molecule has 1 atom stereocenters. The van der Waals surface area contributed by atoms with Gasteiger partial charge in [0.2, 0.25) is 0 Å². The summed E-state index contributed by atoms with van der Waals surface area (Å²) in [4.78, 5) is 2.57. The van der Waals surface area contributed by atoms with Crippen molar-refractivity contribution in [3.05, 3.63) is 0 Å². The maximum Gasteiger partial charge on any atom is 0.389 e. The topological polar surface area (TPSA) is 3.24 Å². The Kier molecular flexibility index (Phi) is 4.70. The van der Waals surface area contributed by atoms with E-state index in [2.05, 4.69) is 20.8 Å². The second kappa shape index (κ2) is 5.35. The van der Waals surface area contributed by atoms with Gasteiger partial charge < -0.3 is 4.90 Å². The molecule has 1 aliphatic rings. The lowest BCUT2D eigenvalue weighted by Crippen LogP contribution is -2.36. The van der Waals surface area contributed by atoms with Gasteiger partial charge in [0.1, 0.15) is 0 Å². The van der Waals surface area contributed by atoms with Crippen LogP contribution in [0.2, 0.25) is 0 Å². The van der Waals surface area contributed by atoms with Gasteiger partial charge in [0.15, 0.2) is 0 Å². The van der Waals surface area contributed by atoms with Crippen LogP contribution in [0.4, 0.5) is 13.2 Å². The van der Waals surface area contributed by atoms with Gasteiger partial charge in [-0.05, 0) is 32.4 Å². The van der Waals surface area contributed by atoms with Gasteiger partial charge in [-0.15, -0.1) is 0 Å². The summed E-state index contributed by atoms with van der Waals surface area (Å²) >= 11 is 3.50. The normalized spacial score (nSPS) is 25.3. The number of alkyl halides is 4. The van der Waals surface area contributed by atoms with Gasteiger partial charge in [0, 0.05) is 17.8 Å². The first-order valence-electron chi connectivity index (χ1n) is 4.90. The van der Waals surface area contributed by atoms with Crippen LogP contribution in [0.1, 0.15) is 25.7 Å². The van der Waals surface area contributed by atoms with E-state index < -0.39 is 12.6 Å². The van der Waals surface area contributed by atoms with Crippen LogP contribution in [0, 0.1) is 0 Å². The van der Waals surface area contributed by atoms with Gasteiger partial charge in [-0.25, -0.2) is 0 Å². The van der Waals surface area contributed by atoms with Crippen molar-refractivity contribution in [3.63, 3.8) is 0 Å². The van der Waals surface area contributed by atoms with E-state index in [4.69, 9.17) is 0 Å². The summed E-state index contributed by atoms with van der Waals surface area (Å²) in [5.74, 6) is 0. The highest BCUT2D eigenvalue weighted by Gasteiger charge is 2.27. The molecule has 0 aromatic rings. The van der Waals surface area contributed by atoms with Gasteiger partial charge in [-0.3, -0.25) is 0 Å². The smallest absolute Gasteiger partial charge is 0.302 e. The molecule has 14 heavy (non-hydrogen) atoms. The maximum atomic E-state index is 11.9. The standard InChI is InChI=1S/C9H15BrF3N/c10-8-3-1-5-14(7-8)6-2-4-9(11,12)13/h8H,1-7H2. The second-order valence-electron chi connectivity index (χ2n) is 3.76. The Morgan fingerprint density at radius 2 is 2.07 bits per heavy atom. The first-order chi connectivity index (χ1) is 6.47. The van der Waals surface area contributed by atoms with Crippen molar-refractivity contribution in [3.8, 4) is 0 Å². The van der Waals surface area contributed by atoms with Crippen molar-refractivity contribution in [2.45, 2.75) is 36.7 Å². The van der Waals surface area contributed by atoms with E-state index in [9.17, 15) is 13.2 Å². The molecule has 1 rings (SSSR count). The van der Waals surface area contributed by atoms with Crippen LogP contribution in [0.3, 0.4) is 0 Å². The number of likely N-dealkylation sites (tertiary alicyclic amines) is 1. The highest BCUT2D eigenvalue weighted by atomic mass is 79.9. The molecule has 1 aliphatic heterocycles. The predicted octanol–water partition coefficient (Wildman–Crippen LogP) is 3.19.